The maximum Gasteiger partial charge on any atom is 0.320 e. The number of carbonyl (C=O) groups is 4. The quantitative estimate of drug-likeness (QED) is 0.0272. The summed E-state index contributed by atoms with van der Waals surface area (Å²) in [5.41, 5.74) is 7.29. The topological polar surface area (TPSA) is 176 Å². The van der Waals surface area contributed by atoms with Gasteiger partial charge in [0.1, 0.15) is 5.52 Å². The third-order valence-electron chi connectivity index (χ3n) is 8.49. The zero-order valence-corrected chi connectivity index (χ0v) is 27.5. The molecule has 2 amide bonds. The van der Waals surface area contributed by atoms with Crippen molar-refractivity contribution in [2.45, 2.75) is 116 Å². The summed E-state index contributed by atoms with van der Waals surface area (Å²) in [6.07, 6.45) is 18.9. The lowest BCUT2D eigenvalue weighted by Gasteiger charge is -2.22. The molecule has 47 heavy (non-hydrogen) atoms. The highest BCUT2D eigenvalue weighted by Crippen LogP contribution is 2.29. The molecule has 0 saturated heterocycles. The maximum absolute atomic E-state index is 12.9. The van der Waals surface area contributed by atoms with Crippen LogP contribution >= 0.6 is 0 Å². The summed E-state index contributed by atoms with van der Waals surface area (Å²) in [5.74, 6) is -4.93. The Morgan fingerprint density at radius 3 is 1.83 bits per heavy atom. The molecular weight excluding hydrogens is 600 g/mol. The van der Waals surface area contributed by atoms with E-state index >= 15 is 0 Å². The van der Waals surface area contributed by atoms with E-state index in [0.717, 1.165) is 19.3 Å². The molecule has 0 bridgehead atoms. The maximum atomic E-state index is 12.9. The van der Waals surface area contributed by atoms with Crippen molar-refractivity contribution < 1.29 is 29.4 Å². The van der Waals surface area contributed by atoms with Crippen molar-refractivity contribution in [3.63, 3.8) is 0 Å². The Bertz CT molecular complexity index is 1400. The van der Waals surface area contributed by atoms with Crippen LogP contribution in [0.1, 0.15) is 126 Å². The van der Waals surface area contributed by atoms with Crippen molar-refractivity contribution in [1.82, 2.24) is 20.4 Å². The largest absolute Gasteiger partial charge is 0.481 e. The molecule has 0 fully saturated rings. The van der Waals surface area contributed by atoms with E-state index in [9.17, 15) is 29.4 Å². The normalized spacial score (nSPS) is 11.8. The summed E-state index contributed by atoms with van der Waals surface area (Å²) >= 11 is 0. The molecule has 12 nitrogen and oxygen atoms in total. The van der Waals surface area contributed by atoms with Gasteiger partial charge < -0.3 is 15.5 Å². The number of fused-ring (bicyclic) bond motifs is 1. The summed E-state index contributed by atoms with van der Waals surface area (Å²) in [5, 5.41) is 30.7. The molecule has 1 aromatic heterocycles. The van der Waals surface area contributed by atoms with Gasteiger partial charge in [0.2, 0.25) is 6.41 Å². The number of hydrogen-bond donors (Lipinski definition) is 5. The van der Waals surface area contributed by atoms with Crippen molar-refractivity contribution in [1.29, 1.82) is 0 Å². The monoisotopic (exact) mass is 650 g/mol. The zero-order chi connectivity index (χ0) is 33.9. The third-order valence-corrected chi connectivity index (χ3v) is 8.49. The molecule has 2 aromatic carbocycles. The number of rotatable bonds is 25. The zero-order valence-electron chi connectivity index (χ0n) is 27.5. The molecule has 256 valence electrons. The molecule has 3 aromatic rings. The van der Waals surface area contributed by atoms with Crippen molar-refractivity contribution >= 4 is 46.7 Å². The van der Waals surface area contributed by atoms with Crippen LogP contribution in [-0.2, 0) is 14.4 Å². The number of hydrogen-bond acceptors (Lipinski definition) is 7. The summed E-state index contributed by atoms with van der Waals surface area (Å²) < 4.78 is 1.38. The molecule has 0 aliphatic rings. The van der Waals surface area contributed by atoms with Gasteiger partial charge in [0, 0.05) is 11.3 Å². The lowest BCUT2D eigenvalue weighted by atomic mass is 9.94. The number of anilines is 2. The molecule has 0 aliphatic carbocycles. The summed E-state index contributed by atoms with van der Waals surface area (Å²) in [6.45, 7) is 2.24. The van der Waals surface area contributed by atoms with Gasteiger partial charge in [0.05, 0.1) is 17.2 Å². The molecule has 0 radical (unpaired) electrons. The van der Waals surface area contributed by atoms with Gasteiger partial charge in [0.25, 0.3) is 5.91 Å². The number of aromatic nitrogens is 3. The van der Waals surface area contributed by atoms with Crippen LogP contribution in [0.15, 0.2) is 42.5 Å². The van der Waals surface area contributed by atoms with Crippen LogP contribution in [0.25, 0.3) is 11.0 Å². The highest BCUT2D eigenvalue weighted by molar-refractivity contribution is 6.06. The number of carboxylic acid groups (broad SMARTS) is 2. The van der Waals surface area contributed by atoms with E-state index in [-0.39, 0.29) is 0 Å². The van der Waals surface area contributed by atoms with E-state index in [1.807, 2.05) is 0 Å². The Morgan fingerprint density at radius 1 is 0.766 bits per heavy atom. The average Bonchev–Trinajstić information content (AvgIpc) is 3.48. The number of hydrazine groups is 1. The minimum absolute atomic E-state index is 0.307. The first-order valence-electron chi connectivity index (χ1n) is 17.0. The van der Waals surface area contributed by atoms with Gasteiger partial charge in [-0.3, -0.25) is 30.0 Å². The van der Waals surface area contributed by atoms with Gasteiger partial charge >= 0.3 is 11.9 Å². The van der Waals surface area contributed by atoms with Gasteiger partial charge in [-0.2, -0.15) is 0 Å². The molecule has 1 unspecified atom stereocenters. The second kappa shape index (κ2) is 20.6. The second-order valence-electron chi connectivity index (χ2n) is 12.1. The summed E-state index contributed by atoms with van der Waals surface area (Å²) in [6, 6.07) is 10.5. The molecule has 0 spiro atoms. The number of nitrogens with one attached hydrogen (secondary N) is 3. The Kier molecular flexibility index (Phi) is 16.2. The number of amides is 2. The highest BCUT2D eigenvalue weighted by atomic mass is 16.4. The fourth-order valence-electron chi connectivity index (χ4n) is 5.87. The van der Waals surface area contributed by atoms with Gasteiger partial charge in [-0.05, 0) is 48.9 Å². The average molecular weight is 651 g/mol. The van der Waals surface area contributed by atoms with E-state index in [0.29, 0.717) is 47.2 Å². The van der Waals surface area contributed by atoms with E-state index < -0.39 is 29.8 Å². The minimum Gasteiger partial charge on any atom is -0.481 e. The second-order valence-corrected chi connectivity index (χ2v) is 12.1. The molecule has 3 rings (SSSR count). The van der Waals surface area contributed by atoms with Crippen LogP contribution in [0.4, 0.5) is 11.4 Å². The fourth-order valence-corrected chi connectivity index (χ4v) is 5.87. The van der Waals surface area contributed by atoms with Gasteiger partial charge in [-0.15, -0.1) is 5.10 Å². The Hall–Kier alpha value is -4.48. The lowest BCUT2D eigenvalue weighted by Crippen LogP contribution is -2.33. The molecule has 1 heterocycles. The predicted octanol–water partition coefficient (Wildman–Crippen LogP) is 7.34. The van der Waals surface area contributed by atoms with Crippen LogP contribution in [0.3, 0.4) is 0 Å². The molecule has 12 heteroatoms. The number of carboxylic acids is 2. The van der Waals surface area contributed by atoms with Crippen LogP contribution in [0, 0.1) is 5.92 Å². The van der Waals surface area contributed by atoms with Crippen LogP contribution in [0.2, 0.25) is 0 Å². The SMILES string of the molecule is CCCCCCCCCCCCCCCCCC(C(C(=O)O)C(=O)O)n1nnc2cc(C(=O)Nc3ccc(NNC=O)cc3)ccc21. The Labute approximate surface area is 276 Å². The summed E-state index contributed by atoms with van der Waals surface area (Å²) in [4.78, 5) is 47.4. The van der Waals surface area contributed by atoms with E-state index in [2.05, 4.69) is 33.4 Å². The van der Waals surface area contributed by atoms with Crippen molar-refractivity contribution in [3.8, 4) is 0 Å². The first kappa shape index (κ1) is 37.0. The van der Waals surface area contributed by atoms with E-state index in [4.69, 9.17) is 0 Å². The smallest absolute Gasteiger partial charge is 0.320 e. The molecule has 1 atom stereocenters. The fraction of sp³-hybridized carbons (Fsp3) is 0.543. The van der Waals surface area contributed by atoms with E-state index in [1.165, 1.54) is 75.3 Å². The number of carbonyl (C=O) groups excluding carboxylic acids is 2. The Balaban J connectivity index is 1.52. The van der Waals surface area contributed by atoms with Crippen LogP contribution < -0.4 is 16.2 Å². The first-order chi connectivity index (χ1) is 22.8. The molecule has 0 aliphatic heterocycles. The number of aliphatic carboxylic acids is 2. The Morgan fingerprint density at radius 2 is 1.30 bits per heavy atom. The van der Waals surface area contributed by atoms with Crippen molar-refractivity contribution in [2.75, 3.05) is 10.7 Å². The predicted molar refractivity (Wildman–Crippen MR) is 182 cm³/mol. The van der Waals surface area contributed by atoms with Crippen molar-refractivity contribution in [2.24, 2.45) is 5.92 Å². The standard InChI is InChI=1S/C35H50N6O6/c1-2-3-4-5-6-7-8-9-10-11-12-13-14-15-16-17-31(32(34(44)45)35(46)47)41-30-23-18-26(24-29(30)39-40-41)33(43)37-27-19-21-28(22-20-27)38-36-25-42/h18-25,31-32,38H,2-17H2,1H3,(H,36,42)(H,37,43)(H,44,45)(H,46,47). The van der Waals surface area contributed by atoms with Gasteiger partial charge in [0.15, 0.2) is 5.92 Å². The highest BCUT2D eigenvalue weighted by Gasteiger charge is 2.37. The lowest BCUT2D eigenvalue weighted by molar-refractivity contribution is -0.157. The summed E-state index contributed by atoms with van der Waals surface area (Å²) in [7, 11) is 0. The van der Waals surface area contributed by atoms with Gasteiger partial charge in [-0.1, -0.05) is 108 Å². The molecule has 0 saturated carbocycles. The van der Waals surface area contributed by atoms with E-state index in [1.54, 1.807) is 42.5 Å². The van der Waals surface area contributed by atoms with Crippen molar-refractivity contribution in [3.05, 3.63) is 48.0 Å². The van der Waals surface area contributed by atoms with Crippen LogP contribution in [0.5, 0.6) is 0 Å². The minimum atomic E-state index is -1.69. The first-order valence-corrected chi connectivity index (χ1v) is 17.0. The molecular formula is C35H50N6O6. The number of unbranched alkanes of at least 4 members (excludes halogenated alkanes) is 14. The van der Waals surface area contributed by atoms with Crippen LogP contribution in [-0.4, -0.2) is 49.5 Å². The third kappa shape index (κ3) is 12.3. The number of nitrogens with zero attached hydrogens (tertiary/aromatic N) is 3. The molecule has 5 N–H and O–H groups in total. The number of benzene rings is 2. The van der Waals surface area contributed by atoms with Gasteiger partial charge in [-0.25, -0.2) is 4.68 Å².